The lowest BCUT2D eigenvalue weighted by Crippen LogP contribution is -2.34. The maximum atomic E-state index is 5.86. The summed E-state index contributed by atoms with van der Waals surface area (Å²) in [5.74, 6) is 2.14. The first kappa shape index (κ1) is 14.0. The van der Waals surface area contributed by atoms with Gasteiger partial charge in [-0.2, -0.15) is 0 Å². The van der Waals surface area contributed by atoms with Crippen molar-refractivity contribution in [3.63, 3.8) is 0 Å². The third-order valence-corrected chi connectivity index (χ3v) is 4.27. The molecule has 0 atom stereocenters. The first-order valence-corrected chi connectivity index (χ1v) is 7.29. The van der Waals surface area contributed by atoms with Crippen molar-refractivity contribution in [1.29, 1.82) is 0 Å². The Kier molecular flexibility index (Phi) is 3.84. The van der Waals surface area contributed by atoms with Crippen LogP contribution in [0.5, 0.6) is 11.5 Å². The molecule has 1 aliphatic rings. The summed E-state index contributed by atoms with van der Waals surface area (Å²) >= 11 is 0. The van der Waals surface area contributed by atoms with Gasteiger partial charge in [0.15, 0.2) is 11.5 Å². The van der Waals surface area contributed by atoms with Gasteiger partial charge in [-0.05, 0) is 47.6 Å². The van der Waals surface area contributed by atoms with Gasteiger partial charge in [0.2, 0.25) is 0 Å². The summed E-state index contributed by atoms with van der Waals surface area (Å²) in [6, 6.07) is 15.1. The zero-order chi connectivity index (χ0) is 14.8. The Bertz CT molecular complexity index is 616. The Morgan fingerprint density at radius 2 is 1.48 bits per heavy atom. The van der Waals surface area contributed by atoms with Gasteiger partial charge in [-0.15, -0.1) is 0 Å². The fraction of sp³-hybridized carbons (Fsp3) is 0.333. The van der Waals surface area contributed by atoms with Gasteiger partial charge in [0, 0.05) is 6.04 Å². The second-order valence-electron chi connectivity index (χ2n) is 5.62. The summed E-state index contributed by atoms with van der Waals surface area (Å²) in [6.07, 6.45) is 2.21. The topological polar surface area (TPSA) is 44.5 Å². The largest absolute Gasteiger partial charge is 0.493 e. The van der Waals surface area contributed by atoms with Gasteiger partial charge in [-0.1, -0.05) is 30.3 Å². The second kappa shape index (κ2) is 5.78. The zero-order valence-corrected chi connectivity index (χ0v) is 12.5. The van der Waals surface area contributed by atoms with Crippen LogP contribution in [0.2, 0.25) is 0 Å². The Labute approximate surface area is 125 Å². The van der Waals surface area contributed by atoms with E-state index in [1.165, 1.54) is 11.1 Å². The van der Waals surface area contributed by atoms with E-state index in [-0.39, 0.29) is 0 Å². The van der Waals surface area contributed by atoms with Crippen LogP contribution in [0.15, 0.2) is 42.5 Å². The maximum Gasteiger partial charge on any atom is 0.161 e. The van der Waals surface area contributed by atoms with E-state index in [1.54, 1.807) is 14.2 Å². The van der Waals surface area contributed by atoms with Crippen LogP contribution < -0.4 is 15.2 Å². The fourth-order valence-electron chi connectivity index (χ4n) is 2.90. The first-order chi connectivity index (χ1) is 10.2. The molecule has 0 saturated heterocycles. The fourth-order valence-corrected chi connectivity index (χ4v) is 2.90. The summed E-state index contributed by atoms with van der Waals surface area (Å²) in [5, 5.41) is 0. The van der Waals surface area contributed by atoms with Gasteiger partial charge in [-0.25, -0.2) is 0 Å². The van der Waals surface area contributed by atoms with Crippen molar-refractivity contribution >= 4 is 0 Å². The lowest BCUT2D eigenvalue weighted by atomic mass is 9.76. The minimum atomic E-state index is 0.389. The predicted octanol–water partition coefficient (Wildman–Crippen LogP) is 3.58. The minimum absolute atomic E-state index is 0.389. The van der Waals surface area contributed by atoms with E-state index in [2.05, 4.69) is 30.3 Å². The molecule has 0 unspecified atom stereocenters. The number of hydrogen-bond donors (Lipinski definition) is 1. The number of benzene rings is 2. The number of hydrogen-bond acceptors (Lipinski definition) is 3. The second-order valence-corrected chi connectivity index (χ2v) is 5.62. The van der Waals surface area contributed by atoms with Crippen LogP contribution in [0.1, 0.15) is 24.3 Å². The van der Waals surface area contributed by atoms with E-state index in [9.17, 15) is 0 Å². The van der Waals surface area contributed by atoms with E-state index in [1.807, 2.05) is 12.1 Å². The molecule has 1 saturated carbocycles. The molecule has 0 heterocycles. The summed E-state index contributed by atoms with van der Waals surface area (Å²) in [4.78, 5) is 0. The predicted molar refractivity (Wildman–Crippen MR) is 84.9 cm³/mol. The highest BCUT2D eigenvalue weighted by Crippen LogP contribution is 2.37. The normalized spacial score (nSPS) is 20.7. The van der Waals surface area contributed by atoms with Crippen molar-refractivity contribution in [3.8, 4) is 22.6 Å². The molecule has 2 aromatic carbocycles. The molecule has 0 aliphatic heterocycles. The van der Waals surface area contributed by atoms with Crippen molar-refractivity contribution in [1.82, 2.24) is 0 Å². The summed E-state index contributed by atoms with van der Waals surface area (Å²) < 4.78 is 10.6. The molecule has 21 heavy (non-hydrogen) atoms. The molecule has 0 amide bonds. The van der Waals surface area contributed by atoms with E-state index in [0.29, 0.717) is 12.0 Å². The maximum absolute atomic E-state index is 5.86. The van der Waals surface area contributed by atoms with E-state index in [0.717, 1.165) is 29.9 Å². The van der Waals surface area contributed by atoms with Crippen LogP contribution >= 0.6 is 0 Å². The van der Waals surface area contributed by atoms with Crippen molar-refractivity contribution in [2.75, 3.05) is 14.2 Å². The molecule has 3 rings (SSSR count). The molecule has 110 valence electrons. The molecule has 1 aliphatic carbocycles. The van der Waals surface area contributed by atoms with Crippen LogP contribution in [-0.4, -0.2) is 20.3 Å². The van der Waals surface area contributed by atoms with Gasteiger partial charge >= 0.3 is 0 Å². The lowest BCUT2D eigenvalue weighted by Gasteiger charge is -2.32. The van der Waals surface area contributed by atoms with Gasteiger partial charge in [0.1, 0.15) is 0 Å². The summed E-state index contributed by atoms with van der Waals surface area (Å²) in [7, 11) is 3.31. The lowest BCUT2D eigenvalue weighted by molar-refractivity contribution is 0.351. The molecule has 2 aromatic rings. The molecule has 0 bridgehead atoms. The number of methoxy groups -OCH3 is 2. The van der Waals surface area contributed by atoms with Crippen LogP contribution in [0, 0.1) is 0 Å². The summed E-state index contributed by atoms with van der Waals surface area (Å²) in [6.45, 7) is 0. The van der Waals surface area contributed by atoms with E-state index < -0.39 is 0 Å². The highest BCUT2D eigenvalue weighted by molar-refractivity contribution is 5.67. The number of rotatable bonds is 4. The van der Waals surface area contributed by atoms with Gasteiger partial charge in [0.05, 0.1) is 14.2 Å². The average Bonchev–Trinajstić information content (AvgIpc) is 2.51. The van der Waals surface area contributed by atoms with Crippen molar-refractivity contribution < 1.29 is 9.47 Å². The van der Waals surface area contributed by atoms with Gasteiger partial charge in [-0.3, -0.25) is 0 Å². The van der Waals surface area contributed by atoms with Crippen LogP contribution in [0.25, 0.3) is 11.1 Å². The molecule has 3 heteroatoms. The monoisotopic (exact) mass is 283 g/mol. The van der Waals surface area contributed by atoms with Crippen molar-refractivity contribution in [3.05, 3.63) is 48.0 Å². The van der Waals surface area contributed by atoms with Crippen LogP contribution in [0.3, 0.4) is 0 Å². The Hall–Kier alpha value is -2.00. The average molecular weight is 283 g/mol. The van der Waals surface area contributed by atoms with Crippen LogP contribution in [0.4, 0.5) is 0 Å². The number of nitrogens with two attached hydrogens (primary N) is 1. The third kappa shape index (κ3) is 2.74. The smallest absolute Gasteiger partial charge is 0.161 e. The molecule has 0 radical (unpaired) electrons. The quantitative estimate of drug-likeness (QED) is 0.933. The Morgan fingerprint density at radius 3 is 2.05 bits per heavy atom. The molecular weight excluding hydrogens is 262 g/mol. The highest BCUT2D eigenvalue weighted by atomic mass is 16.5. The SMILES string of the molecule is COc1ccc(-c2ccc(C3CC(N)C3)cc2)cc1OC. The first-order valence-electron chi connectivity index (χ1n) is 7.29. The highest BCUT2D eigenvalue weighted by Gasteiger charge is 2.26. The Balaban J connectivity index is 1.83. The van der Waals surface area contributed by atoms with Gasteiger partial charge in [0.25, 0.3) is 0 Å². The zero-order valence-electron chi connectivity index (χ0n) is 12.5. The molecule has 2 N–H and O–H groups in total. The third-order valence-electron chi connectivity index (χ3n) is 4.27. The molecule has 0 spiro atoms. The van der Waals surface area contributed by atoms with Crippen molar-refractivity contribution in [2.24, 2.45) is 5.73 Å². The molecule has 3 nitrogen and oxygen atoms in total. The van der Waals surface area contributed by atoms with E-state index in [4.69, 9.17) is 15.2 Å². The molecule has 1 fully saturated rings. The number of ether oxygens (including phenoxy) is 2. The molecular formula is C18H21NO2. The van der Waals surface area contributed by atoms with Crippen molar-refractivity contribution in [2.45, 2.75) is 24.8 Å². The van der Waals surface area contributed by atoms with Crippen LogP contribution in [-0.2, 0) is 0 Å². The standard InChI is InChI=1S/C18H21NO2/c1-20-17-8-7-14(11-18(17)21-2)12-3-5-13(6-4-12)15-9-16(19)10-15/h3-8,11,15-16H,9-10,19H2,1-2H3. The minimum Gasteiger partial charge on any atom is -0.493 e. The summed E-state index contributed by atoms with van der Waals surface area (Å²) in [5.41, 5.74) is 9.56. The molecule has 0 aromatic heterocycles. The van der Waals surface area contributed by atoms with Gasteiger partial charge < -0.3 is 15.2 Å². The van der Waals surface area contributed by atoms with E-state index >= 15 is 0 Å². The Morgan fingerprint density at radius 1 is 0.857 bits per heavy atom.